The fourth-order valence-corrected chi connectivity index (χ4v) is 5.70. The lowest BCUT2D eigenvalue weighted by molar-refractivity contribution is -0.0222. The second-order valence-corrected chi connectivity index (χ2v) is 12.4. The zero-order valence-electron chi connectivity index (χ0n) is 21.7. The Hall–Kier alpha value is -3.20. The first-order chi connectivity index (χ1) is 18.5. The summed E-state index contributed by atoms with van der Waals surface area (Å²) in [6.45, 7) is 2.70. The van der Waals surface area contributed by atoms with Crippen LogP contribution in [0.15, 0.2) is 12.3 Å². The van der Waals surface area contributed by atoms with Crippen molar-refractivity contribution in [2.24, 2.45) is 5.41 Å². The Balaban J connectivity index is 1.39. The molecule has 3 N–H and O–H groups in total. The molecule has 1 spiro atoms. The van der Waals surface area contributed by atoms with Crippen molar-refractivity contribution >= 4 is 39.5 Å². The maximum atomic E-state index is 13.6. The van der Waals surface area contributed by atoms with Crippen molar-refractivity contribution in [2.45, 2.75) is 51.4 Å². The van der Waals surface area contributed by atoms with Gasteiger partial charge in [-0.2, -0.15) is 9.97 Å². The third-order valence-corrected chi connectivity index (χ3v) is 8.78. The maximum absolute atomic E-state index is 13.6. The van der Waals surface area contributed by atoms with Gasteiger partial charge >= 0.3 is 0 Å². The van der Waals surface area contributed by atoms with Crippen LogP contribution in [-0.2, 0) is 10.0 Å². The fraction of sp³-hybridized carbons (Fsp3) is 0.625. The smallest absolute Gasteiger partial charge is 0.262 e. The first-order valence-electron chi connectivity index (χ1n) is 13.0. The third-order valence-electron chi connectivity index (χ3n) is 7.56. The zero-order chi connectivity index (χ0) is 27.8. The predicted octanol–water partition coefficient (Wildman–Crippen LogP) is 2.18. The van der Waals surface area contributed by atoms with E-state index in [-0.39, 0.29) is 49.2 Å². The van der Waals surface area contributed by atoms with E-state index in [9.17, 15) is 22.0 Å². The Kier molecular flexibility index (Phi) is 7.31. The van der Waals surface area contributed by atoms with Crippen molar-refractivity contribution in [3.8, 4) is 0 Å². The van der Waals surface area contributed by atoms with Crippen molar-refractivity contribution in [2.75, 3.05) is 58.4 Å². The molecular weight excluding hydrogens is 534 g/mol. The molecule has 0 aromatic carbocycles. The number of anilines is 4. The molecule has 2 aromatic rings. The number of sulfonamides is 1. The summed E-state index contributed by atoms with van der Waals surface area (Å²) in [6, 6.07) is 1.58. The van der Waals surface area contributed by atoms with Crippen molar-refractivity contribution < 1.29 is 27.1 Å². The Morgan fingerprint density at radius 2 is 1.69 bits per heavy atom. The van der Waals surface area contributed by atoms with Crippen LogP contribution in [-0.4, -0.2) is 83.8 Å². The molecule has 15 heteroatoms. The summed E-state index contributed by atoms with van der Waals surface area (Å²) in [5, 5.41) is 11.8. The number of aliphatic hydroxyl groups excluding tert-OH is 1. The van der Waals surface area contributed by atoms with Gasteiger partial charge in [0.2, 0.25) is 21.9 Å². The minimum Gasteiger partial charge on any atom is -0.395 e. The van der Waals surface area contributed by atoms with Gasteiger partial charge in [0.1, 0.15) is 17.2 Å². The number of hydrogen-bond donors (Lipinski definition) is 3. The van der Waals surface area contributed by atoms with Gasteiger partial charge in [0.25, 0.3) is 11.8 Å². The van der Waals surface area contributed by atoms with Crippen LogP contribution in [0, 0.1) is 12.3 Å². The van der Waals surface area contributed by atoms with Crippen molar-refractivity contribution in [1.29, 1.82) is 0 Å². The average Bonchev–Trinajstić information content (AvgIpc) is 3.62. The van der Waals surface area contributed by atoms with Crippen LogP contribution < -0.4 is 19.8 Å². The molecule has 3 fully saturated rings. The van der Waals surface area contributed by atoms with Crippen LogP contribution in [0.2, 0.25) is 0 Å². The molecule has 0 radical (unpaired) electrons. The molecular formula is C24H32F2N8O4S. The summed E-state index contributed by atoms with van der Waals surface area (Å²) in [6.07, 6.45) is 4.95. The van der Waals surface area contributed by atoms with Gasteiger partial charge < -0.3 is 20.2 Å². The van der Waals surface area contributed by atoms with E-state index in [1.165, 1.54) is 19.0 Å². The quantitative estimate of drug-likeness (QED) is 0.433. The van der Waals surface area contributed by atoms with Crippen LogP contribution in [0.3, 0.4) is 0 Å². The monoisotopic (exact) mass is 566 g/mol. The molecule has 2 aromatic heterocycles. The largest absolute Gasteiger partial charge is 0.395 e. The van der Waals surface area contributed by atoms with Crippen molar-refractivity contribution in [3.63, 3.8) is 0 Å². The minimum absolute atomic E-state index is 0.103. The number of carbonyl (C=O) groups is 1. The van der Waals surface area contributed by atoms with Crippen LogP contribution in [0.25, 0.3) is 0 Å². The summed E-state index contributed by atoms with van der Waals surface area (Å²) in [5.41, 5.74) is 1.07. The average molecular weight is 567 g/mol. The van der Waals surface area contributed by atoms with Crippen LogP contribution in [0.5, 0.6) is 0 Å². The summed E-state index contributed by atoms with van der Waals surface area (Å²) >= 11 is 0. The molecule has 2 aliphatic heterocycles. The number of aryl methyl sites for hydroxylation is 1. The van der Waals surface area contributed by atoms with Gasteiger partial charge in [-0.05, 0) is 38.0 Å². The van der Waals surface area contributed by atoms with E-state index in [1.807, 2.05) is 4.90 Å². The molecule has 0 unspecified atom stereocenters. The molecule has 0 bridgehead atoms. The second kappa shape index (κ2) is 10.4. The molecule has 39 heavy (non-hydrogen) atoms. The lowest BCUT2D eigenvalue weighted by Crippen LogP contribution is -2.40. The molecule has 2 saturated heterocycles. The molecule has 3 aliphatic rings. The Morgan fingerprint density at radius 3 is 2.33 bits per heavy atom. The lowest BCUT2D eigenvalue weighted by Gasteiger charge is -2.34. The van der Waals surface area contributed by atoms with Crippen LogP contribution in [0.1, 0.15) is 54.6 Å². The molecule has 4 heterocycles. The minimum atomic E-state index is -3.86. The van der Waals surface area contributed by atoms with Gasteiger partial charge in [0.05, 0.1) is 12.4 Å². The summed E-state index contributed by atoms with van der Waals surface area (Å²) in [4.78, 5) is 34.2. The summed E-state index contributed by atoms with van der Waals surface area (Å²) in [5.74, 6) is -3.20. The molecule has 5 rings (SSSR count). The van der Waals surface area contributed by atoms with Gasteiger partial charge in [0.15, 0.2) is 0 Å². The number of piperidine rings is 2. The highest BCUT2D eigenvalue weighted by Crippen LogP contribution is 2.54. The topological polar surface area (TPSA) is 154 Å². The van der Waals surface area contributed by atoms with Crippen molar-refractivity contribution in [3.05, 3.63) is 23.5 Å². The Bertz CT molecular complexity index is 1340. The number of aliphatic hydroxyl groups is 1. The van der Waals surface area contributed by atoms with Crippen LogP contribution in [0.4, 0.5) is 32.3 Å². The molecule has 212 valence electrons. The first-order valence-corrected chi connectivity index (χ1v) is 14.6. The number of amides is 1. The SMILES string of the molecule is Cc1cc(NC(=O)c2cnc(NS(=O)(=O)CCO)nc2N2CCC3(CC2)CC3)nc(N2CCC(F)(F)CC2)n1. The highest BCUT2D eigenvalue weighted by molar-refractivity contribution is 7.92. The molecule has 12 nitrogen and oxygen atoms in total. The molecule has 1 aliphatic carbocycles. The molecule has 1 amide bonds. The van der Waals surface area contributed by atoms with E-state index in [1.54, 1.807) is 17.9 Å². The number of alkyl halides is 2. The highest BCUT2D eigenvalue weighted by atomic mass is 32.2. The number of rotatable bonds is 8. The van der Waals surface area contributed by atoms with E-state index in [2.05, 4.69) is 30.0 Å². The number of aromatic nitrogens is 4. The van der Waals surface area contributed by atoms with Gasteiger partial charge in [0, 0.05) is 57.0 Å². The zero-order valence-corrected chi connectivity index (χ0v) is 22.5. The van der Waals surface area contributed by atoms with Crippen molar-refractivity contribution in [1.82, 2.24) is 19.9 Å². The Labute approximate surface area is 225 Å². The number of nitrogens with zero attached hydrogens (tertiary/aromatic N) is 6. The molecule has 0 atom stereocenters. The van der Waals surface area contributed by atoms with Gasteiger partial charge in [-0.3, -0.25) is 9.52 Å². The number of carbonyl (C=O) groups excluding carboxylic acids is 1. The summed E-state index contributed by atoms with van der Waals surface area (Å²) < 4.78 is 53.8. The third kappa shape index (κ3) is 6.52. The second-order valence-electron chi connectivity index (χ2n) is 10.6. The van der Waals surface area contributed by atoms with E-state index >= 15 is 0 Å². The predicted molar refractivity (Wildman–Crippen MR) is 141 cm³/mol. The van der Waals surface area contributed by atoms with E-state index in [0.29, 0.717) is 30.0 Å². The Morgan fingerprint density at radius 1 is 1.03 bits per heavy atom. The lowest BCUT2D eigenvalue weighted by atomic mass is 9.93. The normalized spacial score (nSPS) is 20.1. The van der Waals surface area contributed by atoms with E-state index in [0.717, 1.165) is 12.8 Å². The van der Waals surface area contributed by atoms with Gasteiger partial charge in [-0.25, -0.2) is 27.2 Å². The summed E-state index contributed by atoms with van der Waals surface area (Å²) in [7, 11) is -3.86. The number of hydrogen-bond acceptors (Lipinski definition) is 10. The fourth-order valence-electron chi connectivity index (χ4n) is 4.98. The maximum Gasteiger partial charge on any atom is 0.262 e. The number of halogens is 2. The number of nitrogens with one attached hydrogen (secondary N) is 2. The van der Waals surface area contributed by atoms with Crippen LogP contribution >= 0.6 is 0 Å². The van der Waals surface area contributed by atoms with Gasteiger partial charge in [-0.15, -0.1) is 0 Å². The molecule has 1 saturated carbocycles. The van der Waals surface area contributed by atoms with E-state index < -0.39 is 34.2 Å². The van der Waals surface area contributed by atoms with Gasteiger partial charge in [-0.1, -0.05) is 0 Å². The standard InChI is InChI=1S/C24H32F2N8O4S/c1-16-14-18(30-22(28-16)34-10-6-24(25,26)7-11-34)29-20(36)17-15-27-21(32-39(37,38)13-12-35)31-19(17)33-8-4-23(2-3-23)5-9-33/h14-15,35H,2-13H2,1H3,(H,27,31,32)(H,28,29,30,36). The first kappa shape index (κ1) is 27.4. The highest BCUT2D eigenvalue weighted by Gasteiger charge is 2.45. The van der Waals surface area contributed by atoms with E-state index in [4.69, 9.17) is 5.11 Å².